The summed E-state index contributed by atoms with van der Waals surface area (Å²) in [4.78, 5) is 23.1. The number of ether oxygens (including phenoxy) is 2. The summed E-state index contributed by atoms with van der Waals surface area (Å²) >= 11 is 8.45. The van der Waals surface area contributed by atoms with Crippen LogP contribution in [0.1, 0.15) is 24.6 Å². The van der Waals surface area contributed by atoms with Crippen molar-refractivity contribution in [3.63, 3.8) is 0 Å². The van der Waals surface area contributed by atoms with Crippen molar-refractivity contribution in [3.8, 4) is 11.5 Å². The molecule has 0 saturated carbocycles. The van der Waals surface area contributed by atoms with E-state index >= 15 is 0 Å². The Morgan fingerprint density at radius 1 is 1.52 bits per heavy atom. The molecule has 27 heavy (non-hydrogen) atoms. The van der Waals surface area contributed by atoms with Crippen molar-refractivity contribution in [1.29, 1.82) is 0 Å². The number of nitrogens with one attached hydrogen (secondary N) is 1. The van der Waals surface area contributed by atoms with Gasteiger partial charge in [0.05, 0.1) is 30.8 Å². The topological polar surface area (TPSA) is 119 Å². The molecular weight excluding hydrogens is 440 g/mol. The zero-order valence-electron chi connectivity index (χ0n) is 14.6. The molecule has 0 radical (unpaired) electrons. The zero-order chi connectivity index (χ0) is 20.0. The fourth-order valence-electron chi connectivity index (χ4n) is 2.14. The minimum atomic E-state index is -1.03. The number of nitrogens with zero attached hydrogens (tertiary/aromatic N) is 3. The van der Waals surface area contributed by atoms with Crippen LogP contribution in [0, 0.1) is 4.77 Å². The van der Waals surface area contributed by atoms with Crippen LogP contribution in [-0.4, -0.2) is 45.9 Å². The standard InChI is InChI=1S/C16H17BrN4O5S/c1-3-26-14-10(17)6-9(7-12(14)25-2)8-18-21-15(24)11(4-5-13(22)23)19-20-16(21)27/h6-8H,3-5H2,1-2H3,(H,20,27)(H,22,23)/b18-8-. The maximum atomic E-state index is 12.4. The van der Waals surface area contributed by atoms with Gasteiger partial charge in [-0.2, -0.15) is 14.9 Å². The monoisotopic (exact) mass is 456 g/mol. The molecule has 0 bridgehead atoms. The van der Waals surface area contributed by atoms with E-state index in [-0.39, 0.29) is 23.3 Å². The third kappa shape index (κ3) is 5.23. The van der Waals surface area contributed by atoms with Crippen LogP contribution in [0.3, 0.4) is 0 Å². The fourth-order valence-corrected chi connectivity index (χ4v) is 2.89. The van der Waals surface area contributed by atoms with Gasteiger partial charge in [0.1, 0.15) is 5.69 Å². The highest BCUT2D eigenvalue weighted by Gasteiger charge is 2.11. The number of aromatic amines is 1. The third-order valence-electron chi connectivity index (χ3n) is 3.36. The molecule has 1 aromatic carbocycles. The van der Waals surface area contributed by atoms with E-state index in [4.69, 9.17) is 26.8 Å². The molecule has 2 N–H and O–H groups in total. The summed E-state index contributed by atoms with van der Waals surface area (Å²) in [5.74, 6) is 0.0357. The quantitative estimate of drug-likeness (QED) is 0.462. The van der Waals surface area contributed by atoms with E-state index in [1.54, 1.807) is 12.1 Å². The van der Waals surface area contributed by atoms with Crippen LogP contribution in [0.5, 0.6) is 11.5 Å². The van der Waals surface area contributed by atoms with Gasteiger partial charge in [-0.25, -0.2) is 0 Å². The molecular formula is C16H17BrN4O5S. The first-order chi connectivity index (χ1) is 12.9. The van der Waals surface area contributed by atoms with E-state index in [0.717, 1.165) is 4.68 Å². The summed E-state index contributed by atoms with van der Waals surface area (Å²) < 4.78 is 12.5. The highest BCUT2D eigenvalue weighted by atomic mass is 79.9. The minimum absolute atomic E-state index is 0.00714. The van der Waals surface area contributed by atoms with Crippen LogP contribution < -0.4 is 15.0 Å². The molecule has 2 rings (SSSR count). The predicted molar refractivity (Wildman–Crippen MR) is 104 cm³/mol. The van der Waals surface area contributed by atoms with Crippen LogP contribution in [0.4, 0.5) is 0 Å². The minimum Gasteiger partial charge on any atom is -0.493 e. The van der Waals surface area contributed by atoms with Crippen LogP contribution in [0.2, 0.25) is 0 Å². The van der Waals surface area contributed by atoms with Crippen molar-refractivity contribution in [1.82, 2.24) is 14.9 Å². The third-order valence-corrected chi connectivity index (χ3v) is 4.21. The number of benzene rings is 1. The van der Waals surface area contributed by atoms with Gasteiger partial charge >= 0.3 is 5.97 Å². The summed E-state index contributed by atoms with van der Waals surface area (Å²) in [5, 5.41) is 19.1. The first kappa shape index (κ1) is 20.8. The lowest BCUT2D eigenvalue weighted by Crippen LogP contribution is -2.25. The molecule has 1 aromatic heterocycles. The van der Waals surface area contributed by atoms with Gasteiger partial charge in [-0.3, -0.25) is 14.7 Å². The Morgan fingerprint density at radius 2 is 2.26 bits per heavy atom. The van der Waals surface area contributed by atoms with Crippen LogP contribution in [-0.2, 0) is 11.2 Å². The maximum Gasteiger partial charge on any atom is 0.303 e. The number of hydrogen-bond donors (Lipinski definition) is 2. The summed E-state index contributed by atoms with van der Waals surface area (Å²) in [6.45, 7) is 2.34. The van der Waals surface area contributed by atoms with E-state index in [1.165, 1.54) is 13.3 Å². The molecule has 1 heterocycles. The SMILES string of the molecule is CCOc1c(Br)cc(/C=N\n2c(=S)[nH]nc(CCC(=O)O)c2=O)cc1OC. The number of aromatic nitrogens is 3. The molecule has 0 aliphatic rings. The number of carbonyl (C=O) groups is 1. The molecule has 0 aliphatic heterocycles. The van der Waals surface area contributed by atoms with E-state index in [2.05, 4.69) is 31.2 Å². The van der Waals surface area contributed by atoms with Gasteiger partial charge in [0.25, 0.3) is 5.56 Å². The van der Waals surface area contributed by atoms with E-state index < -0.39 is 11.5 Å². The largest absolute Gasteiger partial charge is 0.493 e. The summed E-state index contributed by atoms with van der Waals surface area (Å²) in [7, 11) is 1.52. The zero-order valence-corrected chi connectivity index (χ0v) is 17.0. The summed E-state index contributed by atoms with van der Waals surface area (Å²) in [6, 6.07) is 3.45. The van der Waals surface area contributed by atoms with Crippen molar-refractivity contribution in [2.75, 3.05) is 13.7 Å². The number of aryl methyl sites for hydroxylation is 1. The number of H-pyrrole nitrogens is 1. The normalized spacial score (nSPS) is 10.9. The second-order valence-electron chi connectivity index (χ2n) is 5.20. The number of rotatable bonds is 8. The second kappa shape index (κ2) is 9.42. The summed E-state index contributed by atoms with van der Waals surface area (Å²) in [5.41, 5.74) is 0.0919. The van der Waals surface area contributed by atoms with E-state index in [0.29, 0.717) is 28.1 Å². The fraction of sp³-hybridized carbons (Fsp3) is 0.312. The molecule has 0 unspecified atom stereocenters. The summed E-state index contributed by atoms with van der Waals surface area (Å²) in [6.07, 6.45) is 1.17. The second-order valence-corrected chi connectivity index (χ2v) is 6.44. The number of aliphatic carboxylic acids is 1. The molecule has 0 fully saturated rings. The van der Waals surface area contributed by atoms with Gasteiger partial charge in [0, 0.05) is 6.42 Å². The molecule has 0 atom stereocenters. The Kier molecular flexibility index (Phi) is 7.25. The molecule has 11 heteroatoms. The van der Waals surface area contributed by atoms with Crippen molar-refractivity contribution in [3.05, 3.63) is 43.0 Å². The van der Waals surface area contributed by atoms with E-state index in [1.807, 2.05) is 6.92 Å². The van der Waals surface area contributed by atoms with Gasteiger partial charge in [0.15, 0.2) is 11.5 Å². The van der Waals surface area contributed by atoms with Gasteiger partial charge in [0.2, 0.25) is 4.77 Å². The van der Waals surface area contributed by atoms with Crippen LogP contribution in [0.15, 0.2) is 26.5 Å². The average Bonchev–Trinajstić information content (AvgIpc) is 2.62. The van der Waals surface area contributed by atoms with Gasteiger partial charge < -0.3 is 14.6 Å². The first-order valence-corrected chi connectivity index (χ1v) is 9.04. The van der Waals surface area contributed by atoms with Crippen molar-refractivity contribution in [2.45, 2.75) is 19.8 Å². The number of methoxy groups -OCH3 is 1. The van der Waals surface area contributed by atoms with Crippen molar-refractivity contribution in [2.24, 2.45) is 5.10 Å². The van der Waals surface area contributed by atoms with Crippen molar-refractivity contribution < 1.29 is 19.4 Å². The molecule has 2 aromatic rings. The highest BCUT2D eigenvalue weighted by molar-refractivity contribution is 9.10. The Hall–Kier alpha value is -2.53. The first-order valence-electron chi connectivity index (χ1n) is 7.84. The Morgan fingerprint density at radius 3 is 2.89 bits per heavy atom. The molecule has 0 aliphatic carbocycles. The number of hydrogen-bond acceptors (Lipinski definition) is 7. The molecule has 0 saturated heterocycles. The van der Waals surface area contributed by atoms with Gasteiger partial charge in [-0.1, -0.05) is 0 Å². The van der Waals surface area contributed by atoms with Crippen LogP contribution in [0.25, 0.3) is 0 Å². The molecule has 0 amide bonds. The lowest BCUT2D eigenvalue weighted by molar-refractivity contribution is -0.136. The smallest absolute Gasteiger partial charge is 0.303 e. The highest BCUT2D eigenvalue weighted by Crippen LogP contribution is 2.36. The van der Waals surface area contributed by atoms with Gasteiger partial charge in [-0.05, 0) is 52.8 Å². The number of halogens is 1. The Bertz CT molecular complexity index is 986. The predicted octanol–water partition coefficient (Wildman–Crippen LogP) is 2.37. The lowest BCUT2D eigenvalue weighted by Gasteiger charge is -2.12. The maximum absolute atomic E-state index is 12.4. The molecule has 0 spiro atoms. The molecule has 9 nitrogen and oxygen atoms in total. The Balaban J connectivity index is 2.39. The average molecular weight is 457 g/mol. The van der Waals surface area contributed by atoms with Gasteiger partial charge in [-0.15, -0.1) is 0 Å². The van der Waals surface area contributed by atoms with Crippen molar-refractivity contribution >= 4 is 40.3 Å². The number of carboxylic acid groups (broad SMARTS) is 1. The Labute approximate surface area is 167 Å². The van der Waals surface area contributed by atoms with E-state index in [9.17, 15) is 9.59 Å². The molecule has 144 valence electrons. The van der Waals surface area contributed by atoms with Crippen LogP contribution >= 0.6 is 28.1 Å². The lowest BCUT2D eigenvalue weighted by atomic mass is 10.2. The number of carboxylic acids is 1.